The van der Waals surface area contributed by atoms with Crippen molar-refractivity contribution in [3.8, 4) is 11.4 Å². The summed E-state index contributed by atoms with van der Waals surface area (Å²) in [5, 5.41) is 10.1. The van der Waals surface area contributed by atoms with Crippen LogP contribution >= 0.6 is 23.4 Å². The molecule has 2 aromatic heterocycles. The summed E-state index contributed by atoms with van der Waals surface area (Å²) in [5.74, 6) is 2.00. The Labute approximate surface area is 154 Å². The number of nitrogens with two attached hydrogens (primary N) is 2. The van der Waals surface area contributed by atoms with Crippen LogP contribution in [0.2, 0.25) is 5.02 Å². The van der Waals surface area contributed by atoms with Crippen LogP contribution in [0.1, 0.15) is 19.2 Å². The van der Waals surface area contributed by atoms with Gasteiger partial charge in [0.05, 0.1) is 5.75 Å². The average Bonchev–Trinajstić information content (AvgIpc) is 2.96. The summed E-state index contributed by atoms with van der Waals surface area (Å²) in [6.07, 6.45) is 0.956. The summed E-state index contributed by atoms with van der Waals surface area (Å²) < 4.78 is 2.07. The maximum Gasteiger partial charge on any atom is 0.225 e. The highest BCUT2D eigenvalue weighted by Gasteiger charge is 2.15. The van der Waals surface area contributed by atoms with E-state index in [9.17, 15) is 0 Å². The second kappa shape index (κ2) is 7.66. The molecule has 1 aromatic carbocycles. The SMILES string of the molecule is CCCn1c(SCc2nc(N)nc(N)n2)nnc1-c1ccc(Cl)cc1. The van der Waals surface area contributed by atoms with E-state index in [1.807, 2.05) is 24.3 Å². The highest BCUT2D eigenvalue weighted by Crippen LogP contribution is 2.27. The molecule has 0 atom stereocenters. The maximum absolute atomic E-state index is 5.96. The van der Waals surface area contributed by atoms with E-state index < -0.39 is 0 Å². The van der Waals surface area contributed by atoms with Gasteiger partial charge in [0.1, 0.15) is 5.82 Å². The molecule has 0 aliphatic carbocycles. The van der Waals surface area contributed by atoms with Gasteiger partial charge in [0.25, 0.3) is 0 Å². The summed E-state index contributed by atoms with van der Waals surface area (Å²) in [5.41, 5.74) is 12.2. The largest absolute Gasteiger partial charge is 0.368 e. The fourth-order valence-corrected chi connectivity index (χ4v) is 3.23. The van der Waals surface area contributed by atoms with Gasteiger partial charge in [-0.25, -0.2) is 0 Å². The van der Waals surface area contributed by atoms with Crippen LogP contribution in [-0.2, 0) is 12.3 Å². The molecule has 3 rings (SSSR count). The fraction of sp³-hybridized carbons (Fsp3) is 0.267. The zero-order valence-corrected chi connectivity index (χ0v) is 15.1. The molecule has 0 saturated heterocycles. The number of halogens is 1. The molecular weight excluding hydrogens is 360 g/mol. The molecule has 8 nitrogen and oxygen atoms in total. The zero-order chi connectivity index (χ0) is 17.8. The minimum Gasteiger partial charge on any atom is -0.368 e. The standard InChI is InChI=1S/C15H17ClN8S/c1-2-7-24-12(9-3-5-10(16)6-4-9)22-23-15(24)25-8-11-19-13(17)21-14(18)20-11/h3-6H,2,7-8H2,1H3,(H4,17,18,19,20,21). The van der Waals surface area contributed by atoms with Crippen LogP contribution in [0.5, 0.6) is 0 Å². The number of hydrogen-bond acceptors (Lipinski definition) is 8. The Morgan fingerprint density at radius 3 is 2.36 bits per heavy atom. The predicted molar refractivity (Wildman–Crippen MR) is 99.0 cm³/mol. The number of thioether (sulfide) groups is 1. The second-order valence-corrected chi connectivity index (χ2v) is 6.60. The van der Waals surface area contributed by atoms with Gasteiger partial charge in [-0.05, 0) is 30.7 Å². The molecule has 4 N–H and O–H groups in total. The molecule has 0 aliphatic rings. The first-order chi connectivity index (χ1) is 12.1. The minimum atomic E-state index is 0.111. The van der Waals surface area contributed by atoms with Gasteiger partial charge >= 0.3 is 0 Å². The van der Waals surface area contributed by atoms with Crippen LogP contribution in [0.3, 0.4) is 0 Å². The van der Waals surface area contributed by atoms with Gasteiger partial charge in [-0.1, -0.05) is 30.3 Å². The minimum absolute atomic E-state index is 0.111. The lowest BCUT2D eigenvalue weighted by Crippen LogP contribution is -2.06. The molecule has 0 spiro atoms. The van der Waals surface area contributed by atoms with Crippen molar-refractivity contribution in [2.24, 2.45) is 0 Å². The molecule has 3 aromatic rings. The summed E-state index contributed by atoms with van der Waals surface area (Å²) in [6.45, 7) is 2.90. The number of anilines is 2. The highest BCUT2D eigenvalue weighted by atomic mass is 35.5. The van der Waals surface area contributed by atoms with Crippen molar-refractivity contribution in [1.29, 1.82) is 0 Å². The topological polar surface area (TPSA) is 121 Å². The third-order valence-electron chi connectivity index (χ3n) is 3.31. The first-order valence-electron chi connectivity index (χ1n) is 7.64. The van der Waals surface area contributed by atoms with Gasteiger partial charge in [-0.3, -0.25) is 0 Å². The van der Waals surface area contributed by atoms with Crippen LogP contribution < -0.4 is 11.5 Å². The molecule has 0 amide bonds. The molecule has 2 heterocycles. The molecular formula is C15H17ClN8S. The molecule has 0 saturated carbocycles. The molecule has 10 heteroatoms. The smallest absolute Gasteiger partial charge is 0.225 e. The Kier molecular flexibility index (Phi) is 5.34. The van der Waals surface area contributed by atoms with Gasteiger partial charge < -0.3 is 16.0 Å². The summed E-state index contributed by atoms with van der Waals surface area (Å²) in [6, 6.07) is 7.54. The van der Waals surface area contributed by atoms with Crippen molar-refractivity contribution in [2.45, 2.75) is 30.8 Å². The predicted octanol–water partition coefficient (Wildman–Crippen LogP) is 2.65. The summed E-state index contributed by atoms with van der Waals surface area (Å²) >= 11 is 7.44. The van der Waals surface area contributed by atoms with Crippen molar-refractivity contribution >= 4 is 35.3 Å². The van der Waals surface area contributed by atoms with Crippen molar-refractivity contribution < 1.29 is 0 Å². The molecule has 0 bridgehead atoms. The van der Waals surface area contributed by atoms with Crippen molar-refractivity contribution in [3.63, 3.8) is 0 Å². The number of rotatable bonds is 6. The lowest BCUT2D eigenvalue weighted by molar-refractivity contribution is 0.626. The summed E-state index contributed by atoms with van der Waals surface area (Å²) in [7, 11) is 0. The van der Waals surface area contributed by atoms with Gasteiger partial charge in [0.2, 0.25) is 11.9 Å². The maximum atomic E-state index is 5.96. The zero-order valence-electron chi connectivity index (χ0n) is 13.6. The summed E-state index contributed by atoms with van der Waals surface area (Å²) in [4.78, 5) is 11.9. The van der Waals surface area contributed by atoms with Crippen molar-refractivity contribution in [3.05, 3.63) is 35.1 Å². The molecule has 0 fully saturated rings. The number of nitrogens with zero attached hydrogens (tertiary/aromatic N) is 6. The fourth-order valence-electron chi connectivity index (χ4n) is 2.28. The first kappa shape index (κ1) is 17.4. The van der Waals surface area contributed by atoms with E-state index in [-0.39, 0.29) is 11.9 Å². The van der Waals surface area contributed by atoms with Crippen LogP contribution in [0.25, 0.3) is 11.4 Å². The van der Waals surface area contributed by atoms with Crippen LogP contribution in [0.15, 0.2) is 29.4 Å². The third kappa shape index (κ3) is 4.18. The van der Waals surface area contributed by atoms with Crippen LogP contribution in [0.4, 0.5) is 11.9 Å². The van der Waals surface area contributed by atoms with Gasteiger partial charge in [-0.2, -0.15) is 15.0 Å². The van der Waals surface area contributed by atoms with E-state index in [4.69, 9.17) is 23.1 Å². The Morgan fingerprint density at radius 1 is 1.04 bits per heavy atom. The molecule has 0 unspecified atom stereocenters. The monoisotopic (exact) mass is 376 g/mol. The molecule has 25 heavy (non-hydrogen) atoms. The van der Waals surface area contributed by atoms with Gasteiger partial charge in [0, 0.05) is 17.1 Å². The lowest BCUT2D eigenvalue weighted by Gasteiger charge is -2.09. The lowest BCUT2D eigenvalue weighted by atomic mass is 10.2. The van der Waals surface area contributed by atoms with E-state index in [0.717, 1.165) is 29.5 Å². The van der Waals surface area contributed by atoms with Gasteiger partial charge in [-0.15, -0.1) is 10.2 Å². The van der Waals surface area contributed by atoms with Crippen LogP contribution in [0, 0.1) is 0 Å². The molecule has 0 radical (unpaired) electrons. The molecule has 130 valence electrons. The number of aromatic nitrogens is 6. The third-order valence-corrected chi connectivity index (χ3v) is 4.53. The number of hydrogen-bond donors (Lipinski definition) is 2. The Balaban J connectivity index is 1.85. The van der Waals surface area contributed by atoms with Crippen LogP contribution in [-0.4, -0.2) is 29.7 Å². The highest BCUT2D eigenvalue weighted by molar-refractivity contribution is 7.98. The first-order valence-corrected chi connectivity index (χ1v) is 9.01. The van der Waals surface area contributed by atoms with E-state index in [2.05, 4.69) is 36.6 Å². The Bertz CT molecular complexity index is 844. The van der Waals surface area contributed by atoms with E-state index in [0.29, 0.717) is 16.6 Å². The van der Waals surface area contributed by atoms with Crippen molar-refractivity contribution in [2.75, 3.05) is 11.5 Å². The van der Waals surface area contributed by atoms with E-state index in [1.54, 1.807) is 0 Å². The van der Waals surface area contributed by atoms with Gasteiger partial charge in [0.15, 0.2) is 11.0 Å². The Morgan fingerprint density at radius 2 is 1.72 bits per heavy atom. The number of nitrogen functional groups attached to an aromatic ring is 2. The normalized spacial score (nSPS) is 11.0. The molecule has 0 aliphatic heterocycles. The quantitative estimate of drug-likeness (QED) is 0.629. The van der Waals surface area contributed by atoms with Crippen molar-refractivity contribution in [1.82, 2.24) is 29.7 Å². The van der Waals surface area contributed by atoms with E-state index >= 15 is 0 Å². The second-order valence-electron chi connectivity index (χ2n) is 5.22. The Hall–Kier alpha value is -2.39. The average molecular weight is 377 g/mol. The number of benzene rings is 1. The van der Waals surface area contributed by atoms with E-state index in [1.165, 1.54) is 11.8 Å².